The van der Waals surface area contributed by atoms with Crippen molar-refractivity contribution in [2.75, 3.05) is 17.2 Å². The Labute approximate surface area is 107 Å². The lowest BCUT2D eigenvalue weighted by Crippen LogP contribution is -1.94. The van der Waals surface area contributed by atoms with Crippen LogP contribution in [0, 0.1) is 5.92 Å². The summed E-state index contributed by atoms with van der Waals surface area (Å²) in [5.74, 6) is 2.17. The van der Waals surface area contributed by atoms with E-state index in [1.165, 1.54) is 23.5 Å². The zero-order valence-corrected chi connectivity index (χ0v) is 10.8. The highest BCUT2D eigenvalue weighted by Gasteiger charge is 2.20. The standard InChI is InChI=1S/C10H14N2S.2ClH/c11-9-4-3-8(5-10(9)12)13-6-7-1-2-7;;/h3-5,7H,1-2,6,11-12H2;2*1H. The van der Waals surface area contributed by atoms with Crippen LogP contribution in [0.1, 0.15) is 12.8 Å². The average Bonchev–Trinajstić information content (AvgIpc) is 2.91. The fraction of sp³-hybridized carbons (Fsp3) is 0.400. The van der Waals surface area contributed by atoms with Gasteiger partial charge in [0.15, 0.2) is 0 Å². The molecule has 0 unspecified atom stereocenters. The van der Waals surface area contributed by atoms with Gasteiger partial charge in [-0.2, -0.15) is 0 Å². The van der Waals surface area contributed by atoms with Gasteiger partial charge < -0.3 is 11.5 Å². The number of thioether (sulfide) groups is 1. The molecule has 0 amide bonds. The van der Waals surface area contributed by atoms with Gasteiger partial charge in [-0.3, -0.25) is 0 Å². The van der Waals surface area contributed by atoms with Gasteiger partial charge >= 0.3 is 0 Å². The predicted octanol–water partition coefficient (Wildman–Crippen LogP) is 3.20. The van der Waals surface area contributed by atoms with E-state index in [-0.39, 0.29) is 24.8 Å². The third kappa shape index (κ3) is 4.41. The molecule has 0 aliphatic heterocycles. The Balaban J connectivity index is 0.000000980. The van der Waals surface area contributed by atoms with Crippen LogP contribution in [0.2, 0.25) is 0 Å². The zero-order valence-electron chi connectivity index (χ0n) is 8.31. The second-order valence-corrected chi connectivity index (χ2v) is 4.64. The molecule has 0 radical (unpaired) electrons. The Bertz CT molecular complexity index is 316. The van der Waals surface area contributed by atoms with Crippen LogP contribution in [0.5, 0.6) is 0 Å². The van der Waals surface area contributed by atoms with E-state index >= 15 is 0 Å². The lowest BCUT2D eigenvalue weighted by Gasteiger charge is -2.03. The monoisotopic (exact) mass is 266 g/mol. The van der Waals surface area contributed by atoms with Gasteiger partial charge in [-0.25, -0.2) is 0 Å². The molecule has 1 saturated carbocycles. The van der Waals surface area contributed by atoms with E-state index in [9.17, 15) is 0 Å². The topological polar surface area (TPSA) is 52.0 Å². The van der Waals surface area contributed by atoms with Gasteiger partial charge in [-0.05, 0) is 37.0 Å². The number of benzene rings is 1. The van der Waals surface area contributed by atoms with Crippen molar-refractivity contribution >= 4 is 48.0 Å². The fourth-order valence-corrected chi connectivity index (χ4v) is 2.28. The molecule has 1 aliphatic rings. The number of nitrogens with two attached hydrogens (primary N) is 2. The lowest BCUT2D eigenvalue weighted by molar-refractivity contribution is 1.000. The minimum atomic E-state index is 0. The molecule has 5 heteroatoms. The van der Waals surface area contributed by atoms with Gasteiger partial charge in [0, 0.05) is 10.6 Å². The number of rotatable bonds is 3. The van der Waals surface area contributed by atoms with Gasteiger partial charge in [0.2, 0.25) is 0 Å². The number of hydrogen-bond acceptors (Lipinski definition) is 3. The molecule has 1 aromatic carbocycles. The highest BCUT2D eigenvalue weighted by atomic mass is 35.5. The summed E-state index contributed by atoms with van der Waals surface area (Å²) in [6.45, 7) is 0. The van der Waals surface area contributed by atoms with Crippen molar-refractivity contribution in [2.45, 2.75) is 17.7 Å². The molecule has 2 nitrogen and oxygen atoms in total. The van der Waals surface area contributed by atoms with Crippen molar-refractivity contribution < 1.29 is 0 Å². The molecule has 0 aromatic heterocycles. The van der Waals surface area contributed by atoms with Crippen LogP contribution in [-0.4, -0.2) is 5.75 Å². The second-order valence-electron chi connectivity index (χ2n) is 3.55. The van der Waals surface area contributed by atoms with Gasteiger partial charge in [-0.1, -0.05) is 0 Å². The molecular weight excluding hydrogens is 251 g/mol. The third-order valence-corrected chi connectivity index (χ3v) is 3.47. The van der Waals surface area contributed by atoms with E-state index < -0.39 is 0 Å². The van der Waals surface area contributed by atoms with Gasteiger partial charge in [0.1, 0.15) is 0 Å². The van der Waals surface area contributed by atoms with Gasteiger partial charge in [0.25, 0.3) is 0 Å². The SMILES string of the molecule is Cl.Cl.Nc1ccc(SCC2CC2)cc1N. The molecule has 1 aromatic rings. The normalized spacial score (nSPS) is 13.9. The lowest BCUT2D eigenvalue weighted by atomic mass is 10.3. The maximum absolute atomic E-state index is 5.70. The third-order valence-electron chi connectivity index (χ3n) is 2.24. The Morgan fingerprint density at radius 2 is 1.80 bits per heavy atom. The first-order valence-electron chi connectivity index (χ1n) is 4.53. The number of anilines is 2. The van der Waals surface area contributed by atoms with Crippen molar-refractivity contribution in [3.63, 3.8) is 0 Å². The van der Waals surface area contributed by atoms with Gasteiger partial charge in [-0.15, -0.1) is 36.6 Å². The summed E-state index contributed by atoms with van der Waals surface area (Å²) in [7, 11) is 0. The van der Waals surface area contributed by atoms with E-state index in [4.69, 9.17) is 11.5 Å². The number of halogens is 2. The van der Waals surface area contributed by atoms with Crippen LogP contribution in [0.15, 0.2) is 23.1 Å². The highest BCUT2D eigenvalue weighted by molar-refractivity contribution is 7.99. The molecule has 0 bridgehead atoms. The molecule has 15 heavy (non-hydrogen) atoms. The summed E-state index contributed by atoms with van der Waals surface area (Å²) in [6, 6.07) is 5.88. The summed E-state index contributed by atoms with van der Waals surface area (Å²) in [4.78, 5) is 1.23. The van der Waals surface area contributed by atoms with Crippen LogP contribution in [0.3, 0.4) is 0 Å². The second kappa shape index (κ2) is 6.36. The first-order valence-corrected chi connectivity index (χ1v) is 5.52. The van der Waals surface area contributed by atoms with Crippen molar-refractivity contribution in [1.29, 1.82) is 0 Å². The summed E-state index contributed by atoms with van der Waals surface area (Å²) in [6.07, 6.45) is 2.80. The molecule has 2 rings (SSSR count). The molecule has 0 atom stereocenters. The van der Waals surface area contributed by atoms with Crippen LogP contribution < -0.4 is 11.5 Å². The van der Waals surface area contributed by atoms with Crippen molar-refractivity contribution in [3.05, 3.63) is 18.2 Å². The van der Waals surface area contributed by atoms with Crippen LogP contribution >= 0.6 is 36.6 Å². The van der Waals surface area contributed by atoms with E-state index in [0.717, 1.165) is 5.92 Å². The first-order chi connectivity index (χ1) is 6.25. The summed E-state index contributed by atoms with van der Waals surface area (Å²) >= 11 is 1.88. The molecule has 86 valence electrons. The van der Waals surface area contributed by atoms with E-state index in [0.29, 0.717) is 11.4 Å². The van der Waals surface area contributed by atoms with Crippen molar-refractivity contribution in [3.8, 4) is 0 Å². The van der Waals surface area contributed by atoms with E-state index in [2.05, 4.69) is 0 Å². The smallest absolute Gasteiger partial charge is 0.0559 e. The Morgan fingerprint density at radius 3 is 2.33 bits per heavy atom. The van der Waals surface area contributed by atoms with Gasteiger partial charge in [0.05, 0.1) is 11.4 Å². The molecule has 0 heterocycles. The molecule has 0 saturated heterocycles. The zero-order chi connectivity index (χ0) is 9.26. The fourth-order valence-electron chi connectivity index (χ4n) is 1.14. The van der Waals surface area contributed by atoms with Crippen molar-refractivity contribution in [1.82, 2.24) is 0 Å². The largest absolute Gasteiger partial charge is 0.397 e. The summed E-state index contributed by atoms with van der Waals surface area (Å²) in [5.41, 5.74) is 12.7. The minimum Gasteiger partial charge on any atom is -0.397 e. The molecule has 1 aliphatic carbocycles. The first kappa shape index (κ1) is 14.8. The summed E-state index contributed by atoms with van der Waals surface area (Å²) in [5, 5.41) is 0. The average molecular weight is 267 g/mol. The molecule has 4 N–H and O–H groups in total. The predicted molar refractivity (Wildman–Crippen MR) is 73.2 cm³/mol. The molecule has 0 spiro atoms. The van der Waals surface area contributed by atoms with Crippen molar-refractivity contribution in [2.24, 2.45) is 5.92 Å². The minimum absolute atomic E-state index is 0. The Kier molecular flexibility index (Phi) is 6.25. The summed E-state index contributed by atoms with van der Waals surface area (Å²) < 4.78 is 0. The Hall–Kier alpha value is -0.250. The molecular formula is C10H16Cl2N2S. The number of nitrogen functional groups attached to an aromatic ring is 2. The molecule has 1 fully saturated rings. The van der Waals surface area contributed by atoms with E-state index in [1.807, 2.05) is 30.0 Å². The maximum atomic E-state index is 5.70. The maximum Gasteiger partial charge on any atom is 0.0559 e. The highest BCUT2D eigenvalue weighted by Crippen LogP contribution is 2.35. The quantitative estimate of drug-likeness (QED) is 0.653. The van der Waals surface area contributed by atoms with Crippen LogP contribution in [0.25, 0.3) is 0 Å². The van der Waals surface area contributed by atoms with E-state index in [1.54, 1.807) is 0 Å². The number of hydrogen-bond donors (Lipinski definition) is 2. The van der Waals surface area contributed by atoms with Crippen LogP contribution in [0.4, 0.5) is 11.4 Å². The Morgan fingerprint density at radius 1 is 1.13 bits per heavy atom. The van der Waals surface area contributed by atoms with Crippen LogP contribution in [-0.2, 0) is 0 Å².